The molecule has 0 aliphatic heterocycles. The van der Waals surface area contributed by atoms with Crippen molar-refractivity contribution in [3.8, 4) is 0 Å². The Kier molecular flexibility index (Phi) is 3.05. The molecular formula is C8H16N2O2. The van der Waals surface area contributed by atoms with E-state index in [4.69, 9.17) is 16.6 Å². The molecule has 1 saturated carbocycles. The van der Waals surface area contributed by atoms with Crippen molar-refractivity contribution in [2.24, 2.45) is 17.4 Å². The molecule has 4 heteroatoms. The molecule has 0 aromatic rings. The van der Waals surface area contributed by atoms with E-state index in [0.717, 1.165) is 0 Å². The zero-order chi connectivity index (χ0) is 9.14. The minimum Gasteiger partial charge on any atom is -0.382 e. The maximum Gasteiger partial charge on any atom is 0.247 e. The van der Waals surface area contributed by atoms with Crippen molar-refractivity contribution in [3.05, 3.63) is 0 Å². The number of carbonyl (C=O) groups is 1. The predicted octanol–water partition coefficient (Wildman–Crippen LogP) is -0.650. The fourth-order valence-corrected chi connectivity index (χ4v) is 1.45. The zero-order valence-electron chi connectivity index (χ0n) is 7.07. The van der Waals surface area contributed by atoms with Crippen LogP contribution in [-0.4, -0.2) is 23.2 Å². The molecule has 0 aromatic carbocycles. The molecule has 1 aliphatic carbocycles. The third kappa shape index (κ3) is 2.19. The van der Waals surface area contributed by atoms with Gasteiger partial charge in [0.25, 0.3) is 0 Å². The average Bonchev–Trinajstić information content (AvgIpc) is 1.94. The van der Waals surface area contributed by atoms with E-state index < -0.39 is 18.1 Å². The highest BCUT2D eigenvalue weighted by molar-refractivity contribution is 5.79. The number of carbonyl (C=O) groups excluding carboxylic acids is 1. The van der Waals surface area contributed by atoms with E-state index >= 15 is 0 Å². The molecular weight excluding hydrogens is 157 g/mol. The number of nitrogens with two attached hydrogens (primary N) is 2. The molecule has 4 nitrogen and oxygen atoms in total. The molecule has 12 heavy (non-hydrogen) atoms. The predicted molar refractivity (Wildman–Crippen MR) is 45.1 cm³/mol. The Hall–Kier alpha value is -0.610. The highest BCUT2D eigenvalue weighted by atomic mass is 16.3. The monoisotopic (exact) mass is 173 g/mol. The summed E-state index contributed by atoms with van der Waals surface area (Å²) in [4.78, 5) is 10.5. The lowest BCUT2D eigenvalue weighted by Crippen LogP contribution is -2.45. The highest BCUT2D eigenvalue weighted by Crippen LogP contribution is 2.30. The largest absolute Gasteiger partial charge is 0.382 e. The molecule has 0 spiro atoms. The second-order valence-corrected chi connectivity index (χ2v) is 3.54. The van der Waals surface area contributed by atoms with Crippen molar-refractivity contribution in [1.29, 1.82) is 0 Å². The molecule has 1 aliphatic rings. The molecule has 1 amide bonds. The third-order valence-electron chi connectivity index (χ3n) is 2.53. The minimum atomic E-state index is -1.18. The summed E-state index contributed by atoms with van der Waals surface area (Å²) < 4.78 is 0. The number of amides is 1. The van der Waals surface area contributed by atoms with Gasteiger partial charge < -0.3 is 16.6 Å². The van der Waals surface area contributed by atoms with Crippen LogP contribution >= 0.6 is 0 Å². The minimum absolute atomic E-state index is 0.479. The van der Waals surface area contributed by atoms with Gasteiger partial charge >= 0.3 is 0 Å². The van der Waals surface area contributed by atoms with Gasteiger partial charge in [0.2, 0.25) is 5.91 Å². The number of aliphatic hydroxyl groups is 1. The summed E-state index contributed by atoms with van der Waals surface area (Å²) in [5.74, 6) is -0.129. The van der Waals surface area contributed by atoms with Crippen LogP contribution in [0, 0.1) is 5.92 Å². The van der Waals surface area contributed by atoms with Gasteiger partial charge in [-0.3, -0.25) is 4.79 Å². The van der Waals surface area contributed by atoms with E-state index in [1.807, 2.05) is 0 Å². The molecule has 0 radical (unpaired) electrons. The number of hydrogen-bond acceptors (Lipinski definition) is 3. The summed E-state index contributed by atoms with van der Waals surface area (Å²) in [5.41, 5.74) is 10.5. The van der Waals surface area contributed by atoms with Gasteiger partial charge in [0.1, 0.15) is 6.10 Å². The van der Waals surface area contributed by atoms with Gasteiger partial charge in [-0.2, -0.15) is 0 Å². The van der Waals surface area contributed by atoms with Gasteiger partial charge in [-0.25, -0.2) is 0 Å². The van der Waals surface area contributed by atoms with Crippen molar-refractivity contribution in [1.82, 2.24) is 0 Å². The lowest BCUT2D eigenvalue weighted by molar-refractivity contribution is -0.127. The Morgan fingerprint density at radius 3 is 2.50 bits per heavy atom. The van der Waals surface area contributed by atoms with Crippen molar-refractivity contribution < 1.29 is 9.90 Å². The molecule has 0 saturated heterocycles. The summed E-state index contributed by atoms with van der Waals surface area (Å²) in [7, 11) is 0. The van der Waals surface area contributed by atoms with E-state index in [2.05, 4.69) is 0 Å². The third-order valence-corrected chi connectivity index (χ3v) is 2.53. The maximum absolute atomic E-state index is 10.5. The molecule has 70 valence electrons. The van der Waals surface area contributed by atoms with E-state index in [1.54, 1.807) is 0 Å². The van der Waals surface area contributed by atoms with Crippen LogP contribution in [0.25, 0.3) is 0 Å². The van der Waals surface area contributed by atoms with E-state index in [0.29, 0.717) is 12.3 Å². The normalized spacial score (nSPS) is 22.8. The second kappa shape index (κ2) is 3.87. The maximum atomic E-state index is 10.5. The van der Waals surface area contributed by atoms with Crippen molar-refractivity contribution in [2.75, 3.05) is 0 Å². The first-order valence-electron chi connectivity index (χ1n) is 4.34. The number of aliphatic hydroxyl groups excluding tert-OH is 1. The van der Waals surface area contributed by atoms with Gasteiger partial charge in [-0.1, -0.05) is 19.3 Å². The van der Waals surface area contributed by atoms with Crippen LogP contribution < -0.4 is 11.5 Å². The number of primary amides is 1. The first kappa shape index (κ1) is 9.48. The molecule has 0 bridgehead atoms. The van der Waals surface area contributed by atoms with E-state index in [9.17, 15) is 4.79 Å². The first-order chi connectivity index (χ1) is 5.61. The van der Waals surface area contributed by atoms with E-state index in [-0.39, 0.29) is 0 Å². The summed E-state index contributed by atoms with van der Waals surface area (Å²) in [6.07, 6.45) is 3.11. The van der Waals surface area contributed by atoms with Crippen LogP contribution in [-0.2, 0) is 4.79 Å². The standard InChI is InChI=1S/C8H16N2O2/c9-6(7(11)8(10)12)4-5-2-1-3-5/h5-7,11H,1-4,9H2,(H2,10,12)/i8+1. The zero-order valence-corrected chi connectivity index (χ0v) is 7.07. The van der Waals surface area contributed by atoms with Crippen LogP contribution in [0.5, 0.6) is 0 Å². The van der Waals surface area contributed by atoms with E-state index in [1.165, 1.54) is 19.3 Å². The molecule has 5 N–H and O–H groups in total. The first-order valence-corrected chi connectivity index (χ1v) is 4.34. The summed E-state index contributed by atoms with van der Waals surface area (Å²) in [6.45, 7) is 0. The Morgan fingerprint density at radius 1 is 1.58 bits per heavy atom. The summed E-state index contributed by atoms with van der Waals surface area (Å²) in [5, 5.41) is 9.16. The van der Waals surface area contributed by atoms with Crippen molar-refractivity contribution in [2.45, 2.75) is 37.8 Å². The molecule has 0 aromatic heterocycles. The van der Waals surface area contributed by atoms with Crippen molar-refractivity contribution in [3.63, 3.8) is 0 Å². The van der Waals surface area contributed by atoms with Crippen LogP contribution in [0.2, 0.25) is 0 Å². The fraction of sp³-hybridized carbons (Fsp3) is 0.875. The topological polar surface area (TPSA) is 89.3 Å². The lowest BCUT2D eigenvalue weighted by atomic mass is 9.80. The molecule has 2 unspecified atom stereocenters. The molecule has 0 heterocycles. The van der Waals surface area contributed by atoms with Crippen LogP contribution in [0.4, 0.5) is 0 Å². The quantitative estimate of drug-likeness (QED) is 0.493. The number of hydrogen-bond donors (Lipinski definition) is 3. The van der Waals surface area contributed by atoms with Gasteiger partial charge in [0.15, 0.2) is 0 Å². The summed E-state index contributed by atoms with van der Waals surface area (Å²) in [6, 6.07) is -0.479. The Bertz CT molecular complexity index is 168. The molecule has 2 atom stereocenters. The highest BCUT2D eigenvalue weighted by Gasteiger charge is 2.26. The van der Waals surface area contributed by atoms with Gasteiger partial charge in [0, 0.05) is 6.04 Å². The smallest absolute Gasteiger partial charge is 0.247 e. The SMILES string of the molecule is NC(CC1CCC1)C(O)[13C](N)=O. The van der Waals surface area contributed by atoms with Gasteiger partial charge in [-0.05, 0) is 12.3 Å². The molecule has 1 fully saturated rings. The summed E-state index contributed by atoms with van der Waals surface area (Å²) >= 11 is 0. The Morgan fingerprint density at radius 2 is 2.17 bits per heavy atom. The van der Waals surface area contributed by atoms with Gasteiger partial charge in [0.05, 0.1) is 0 Å². The van der Waals surface area contributed by atoms with Crippen LogP contribution in [0.1, 0.15) is 25.7 Å². The molecule has 1 rings (SSSR count). The van der Waals surface area contributed by atoms with Crippen LogP contribution in [0.15, 0.2) is 0 Å². The van der Waals surface area contributed by atoms with Gasteiger partial charge in [-0.15, -0.1) is 0 Å². The lowest BCUT2D eigenvalue weighted by Gasteiger charge is -2.29. The Balaban J connectivity index is 2.25. The Labute approximate surface area is 71.9 Å². The fourth-order valence-electron chi connectivity index (χ4n) is 1.45. The van der Waals surface area contributed by atoms with Crippen molar-refractivity contribution >= 4 is 5.91 Å². The number of rotatable bonds is 4. The van der Waals surface area contributed by atoms with Crippen LogP contribution in [0.3, 0.4) is 0 Å². The second-order valence-electron chi connectivity index (χ2n) is 3.54. The average molecular weight is 173 g/mol.